The second kappa shape index (κ2) is 11.5. The molecule has 9 heteroatoms. The van der Waals surface area contributed by atoms with Crippen molar-refractivity contribution in [1.29, 1.82) is 0 Å². The minimum atomic E-state index is -0.426. The number of rotatable bonds is 7. The van der Waals surface area contributed by atoms with Gasteiger partial charge in [-0.3, -0.25) is 9.69 Å². The molecular formula is C26H28ClN5O2S. The van der Waals surface area contributed by atoms with Crippen LogP contribution in [-0.2, 0) is 11.3 Å². The molecule has 0 saturated carbocycles. The molecule has 0 bridgehead atoms. The summed E-state index contributed by atoms with van der Waals surface area (Å²) in [6.07, 6.45) is 1.04. The molecule has 1 saturated heterocycles. The van der Waals surface area contributed by atoms with E-state index in [0.29, 0.717) is 28.1 Å². The topological polar surface area (TPSA) is 76.7 Å². The Kier molecular flexibility index (Phi) is 8.17. The Labute approximate surface area is 216 Å². The molecule has 0 spiro atoms. The molecule has 0 aliphatic carbocycles. The van der Waals surface area contributed by atoms with Gasteiger partial charge < -0.3 is 16.0 Å². The van der Waals surface area contributed by atoms with Crippen molar-refractivity contribution in [3.8, 4) is 0 Å². The van der Waals surface area contributed by atoms with E-state index in [1.807, 2.05) is 18.2 Å². The number of benzene rings is 3. The van der Waals surface area contributed by atoms with Crippen LogP contribution in [0.4, 0.5) is 27.5 Å². The molecule has 3 N–H and O–H groups in total. The van der Waals surface area contributed by atoms with Gasteiger partial charge in [-0.2, -0.15) is 0 Å². The highest BCUT2D eigenvalue weighted by Crippen LogP contribution is 2.29. The van der Waals surface area contributed by atoms with Gasteiger partial charge in [-0.1, -0.05) is 54.7 Å². The lowest BCUT2D eigenvalue weighted by atomic mass is 10.2. The number of nitrogens with one attached hydrogen (secondary N) is 3. The van der Waals surface area contributed by atoms with Gasteiger partial charge in [-0.05, 0) is 54.4 Å². The molecule has 1 heterocycles. The first-order valence-electron chi connectivity index (χ1n) is 11.4. The zero-order valence-corrected chi connectivity index (χ0v) is 21.0. The lowest BCUT2D eigenvalue weighted by Gasteiger charge is -2.19. The molecule has 0 aromatic heterocycles. The maximum atomic E-state index is 12.6. The number of amides is 3. The van der Waals surface area contributed by atoms with Gasteiger partial charge in [0.2, 0.25) is 5.91 Å². The average molecular weight is 510 g/mol. The Morgan fingerprint density at radius 3 is 2.43 bits per heavy atom. The quantitative estimate of drug-likeness (QED) is 0.300. The monoisotopic (exact) mass is 509 g/mol. The third kappa shape index (κ3) is 6.91. The highest BCUT2D eigenvalue weighted by molar-refractivity contribution is 7.82. The predicted molar refractivity (Wildman–Crippen MR) is 146 cm³/mol. The summed E-state index contributed by atoms with van der Waals surface area (Å²) in [5.41, 5.74) is 3.92. The second-order valence-corrected chi connectivity index (χ2v) is 9.32. The van der Waals surface area contributed by atoms with Gasteiger partial charge in [0.15, 0.2) is 0 Å². The third-order valence-corrected chi connectivity index (χ3v) is 6.45. The molecule has 35 heavy (non-hydrogen) atoms. The molecule has 1 unspecified atom stereocenters. The summed E-state index contributed by atoms with van der Waals surface area (Å²) in [7, 11) is 0. The lowest BCUT2D eigenvalue weighted by molar-refractivity contribution is -0.114. The van der Waals surface area contributed by atoms with Gasteiger partial charge in [0, 0.05) is 44.0 Å². The molecule has 3 amide bonds. The van der Waals surface area contributed by atoms with E-state index in [-0.39, 0.29) is 5.91 Å². The maximum Gasteiger partial charge on any atom is 0.336 e. The summed E-state index contributed by atoms with van der Waals surface area (Å²) < 4.78 is 1.19. The van der Waals surface area contributed by atoms with Crippen LogP contribution in [0.5, 0.6) is 0 Å². The fourth-order valence-electron chi connectivity index (χ4n) is 4.05. The smallest absolute Gasteiger partial charge is 0.336 e. The Bertz CT molecular complexity index is 1180. The number of thiol groups is 1. The number of urea groups is 1. The molecule has 7 nitrogen and oxygen atoms in total. The van der Waals surface area contributed by atoms with Crippen molar-refractivity contribution in [1.82, 2.24) is 4.90 Å². The van der Waals surface area contributed by atoms with Crippen LogP contribution in [0.1, 0.15) is 18.9 Å². The molecule has 4 rings (SSSR count). The van der Waals surface area contributed by atoms with Crippen LogP contribution < -0.4 is 20.3 Å². The maximum absolute atomic E-state index is 12.6. The van der Waals surface area contributed by atoms with E-state index in [9.17, 15) is 9.59 Å². The molecule has 1 aliphatic heterocycles. The van der Waals surface area contributed by atoms with E-state index in [2.05, 4.69) is 57.9 Å². The lowest BCUT2D eigenvalue weighted by Crippen LogP contribution is -2.27. The normalized spacial score (nSPS) is 15.5. The minimum absolute atomic E-state index is 0.162. The van der Waals surface area contributed by atoms with E-state index in [1.54, 1.807) is 30.3 Å². The van der Waals surface area contributed by atoms with E-state index in [4.69, 9.17) is 11.6 Å². The second-order valence-electron chi connectivity index (χ2n) is 8.52. The first kappa shape index (κ1) is 24.9. The molecule has 3 aromatic carbocycles. The predicted octanol–water partition coefficient (Wildman–Crippen LogP) is 5.87. The fraction of sp³-hybridized carbons (Fsp3) is 0.231. The highest BCUT2D eigenvalue weighted by Gasteiger charge is 2.23. The molecule has 1 atom stereocenters. The van der Waals surface area contributed by atoms with Crippen LogP contribution in [0.3, 0.4) is 0 Å². The zero-order chi connectivity index (χ0) is 24.8. The number of halogens is 1. The Balaban J connectivity index is 1.30. The van der Waals surface area contributed by atoms with Crippen molar-refractivity contribution in [2.24, 2.45) is 0 Å². The highest BCUT2D eigenvalue weighted by atomic mass is 35.5. The van der Waals surface area contributed by atoms with Gasteiger partial charge >= 0.3 is 6.03 Å². The van der Waals surface area contributed by atoms with Crippen molar-refractivity contribution >= 4 is 59.1 Å². The standard InChI is InChI=1S/C26H28ClN5O2S/c1-18(33)28-20-7-10-23(11-8-20)32(35)26(34)30-21-9-12-25(24(27)15-21)29-22-13-14-31(17-22)16-19-5-3-2-4-6-19/h2-12,15,22,29,35H,13-14,16-17H2,1H3,(H,28,33)(H,30,34). The molecular weight excluding hydrogens is 482 g/mol. The third-order valence-electron chi connectivity index (χ3n) is 5.73. The van der Waals surface area contributed by atoms with Gasteiger partial charge in [0.05, 0.1) is 16.4 Å². The van der Waals surface area contributed by atoms with Crippen molar-refractivity contribution in [2.45, 2.75) is 25.9 Å². The largest absolute Gasteiger partial charge is 0.380 e. The van der Waals surface area contributed by atoms with E-state index in [1.165, 1.54) is 16.8 Å². The number of likely N-dealkylation sites (tertiary alicyclic amines) is 1. The number of nitrogens with zero attached hydrogens (tertiary/aromatic N) is 2. The summed E-state index contributed by atoms with van der Waals surface area (Å²) in [5.74, 6) is -0.162. The summed E-state index contributed by atoms with van der Waals surface area (Å²) in [6.45, 7) is 4.35. The van der Waals surface area contributed by atoms with Crippen LogP contribution >= 0.6 is 24.4 Å². The fourth-order valence-corrected chi connectivity index (χ4v) is 4.47. The molecule has 182 valence electrons. The van der Waals surface area contributed by atoms with E-state index >= 15 is 0 Å². The number of carbonyl (C=O) groups excluding carboxylic acids is 2. The first-order chi connectivity index (χ1) is 16.9. The van der Waals surface area contributed by atoms with Crippen LogP contribution in [0.25, 0.3) is 0 Å². The van der Waals surface area contributed by atoms with Crippen molar-refractivity contribution in [3.05, 3.63) is 83.4 Å². The van der Waals surface area contributed by atoms with Gasteiger partial charge in [0.1, 0.15) is 0 Å². The molecule has 1 aliphatic rings. The van der Waals surface area contributed by atoms with Crippen LogP contribution in [0.2, 0.25) is 5.02 Å². The van der Waals surface area contributed by atoms with Crippen LogP contribution in [-0.4, -0.2) is 36.0 Å². The van der Waals surface area contributed by atoms with E-state index in [0.717, 1.165) is 31.7 Å². The molecule has 1 fully saturated rings. The average Bonchev–Trinajstić information content (AvgIpc) is 3.28. The minimum Gasteiger partial charge on any atom is -0.380 e. The van der Waals surface area contributed by atoms with Gasteiger partial charge in [-0.25, -0.2) is 9.10 Å². The molecule has 3 aromatic rings. The zero-order valence-electron chi connectivity index (χ0n) is 19.4. The number of carbonyl (C=O) groups is 2. The number of hydrogen-bond donors (Lipinski definition) is 4. The summed E-state index contributed by atoms with van der Waals surface area (Å²) >= 11 is 10.8. The van der Waals surface area contributed by atoms with Gasteiger partial charge in [0.25, 0.3) is 0 Å². The van der Waals surface area contributed by atoms with Crippen LogP contribution in [0.15, 0.2) is 72.8 Å². The Hall–Kier alpha value is -3.20. The Morgan fingerprint density at radius 1 is 1.03 bits per heavy atom. The van der Waals surface area contributed by atoms with Gasteiger partial charge in [-0.15, -0.1) is 0 Å². The summed E-state index contributed by atoms with van der Waals surface area (Å²) in [6, 6.07) is 22.6. The number of anilines is 4. The van der Waals surface area contributed by atoms with Crippen molar-refractivity contribution in [3.63, 3.8) is 0 Å². The first-order valence-corrected chi connectivity index (χ1v) is 12.1. The summed E-state index contributed by atoms with van der Waals surface area (Å²) in [5, 5.41) is 9.56. The van der Waals surface area contributed by atoms with Crippen LogP contribution in [0, 0.1) is 0 Å². The summed E-state index contributed by atoms with van der Waals surface area (Å²) in [4.78, 5) is 26.2. The molecule has 0 radical (unpaired) electrons. The SMILES string of the molecule is CC(=O)Nc1ccc(N(S)C(=O)Nc2ccc(NC3CCN(Cc4ccccc4)C3)c(Cl)c2)cc1. The van der Waals surface area contributed by atoms with E-state index < -0.39 is 6.03 Å². The van der Waals surface area contributed by atoms with Crippen molar-refractivity contribution < 1.29 is 9.59 Å². The Morgan fingerprint density at radius 2 is 1.74 bits per heavy atom. The van der Waals surface area contributed by atoms with Crippen molar-refractivity contribution in [2.75, 3.05) is 33.3 Å². The number of hydrogen-bond acceptors (Lipinski definition) is 5.